The predicted molar refractivity (Wildman–Crippen MR) is 152 cm³/mol. The normalized spacial score (nSPS) is 18.9. The third-order valence-corrected chi connectivity index (χ3v) is 11.5. The molecule has 0 aromatic rings. The van der Waals surface area contributed by atoms with E-state index in [1.165, 1.54) is 0 Å². The summed E-state index contributed by atoms with van der Waals surface area (Å²) in [6.45, 7) is 28.3. The molecule has 0 atom stereocenters. The van der Waals surface area contributed by atoms with E-state index < -0.39 is 0 Å². The summed E-state index contributed by atoms with van der Waals surface area (Å²) >= 11 is 6.80. The van der Waals surface area contributed by atoms with E-state index in [9.17, 15) is 0 Å². The van der Waals surface area contributed by atoms with Gasteiger partial charge < -0.3 is 0 Å². The maximum absolute atomic E-state index is 3.11. The van der Waals surface area contributed by atoms with E-state index in [4.69, 9.17) is 0 Å². The van der Waals surface area contributed by atoms with Gasteiger partial charge in [0, 0.05) is 28.4 Å². The van der Waals surface area contributed by atoms with Crippen molar-refractivity contribution in [3.05, 3.63) is 62.7 Å². The van der Waals surface area contributed by atoms with Gasteiger partial charge in [-0.2, -0.15) is 0 Å². The van der Waals surface area contributed by atoms with E-state index in [0.717, 1.165) is 0 Å². The van der Waals surface area contributed by atoms with E-state index in [0.29, 0.717) is 34.6 Å². The third kappa shape index (κ3) is 14.1. The first-order valence-corrected chi connectivity index (χ1v) is 20.5. The summed E-state index contributed by atoms with van der Waals surface area (Å²) in [6, 6.07) is 0. The van der Waals surface area contributed by atoms with Crippen molar-refractivity contribution in [3.63, 3.8) is 0 Å². The van der Waals surface area contributed by atoms with Gasteiger partial charge in [0.25, 0.3) is 0 Å². The van der Waals surface area contributed by atoms with E-state index >= 15 is 0 Å². The second kappa shape index (κ2) is 16.1. The number of halogens is 2. The van der Waals surface area contributed by atoms with Crippen LogP contribution in [0.25, 0.3) is 0 Å². The number of hydrogen-bond donors (Lipinski definition) is 0. The first-order valence-electron chi connectivity index (χ1n) is 10.7. The second-order valence-corrected chi connectivity index (χ2v) is 26.6. The molecule has 10 radical (unpaired) electrons. The average Bonchev–Trinajstić information content (AvgIpc) is 3.16. The van der Waals surface area contributed by atoms with Gasteiger partial charge in [0.2, 0.25) is 0 Å². The van der Waals surface area contributed by atoms with E-state index in [1.54, 1.807) is 11.3 Å². The molecule has 2 fully saturated rings. The fourth-order valence-electron chi connectivity index (χ4n) is 4.59. The van der Waals surface area contributed by atoms with Crippen LogP contribution >= 0.6 is 42.7 Å². The summed E-state index contributed by atoms with van der Waals surface area (Å²) in [5, 5.41) is 1.56. The van der Waals surface area contributed by atoms with Crippen LogP contribution in [0.1, 0.15) is 83.1 Å². The van der Waals surface area contributed by atoms with Crippen molar-refractivity contribution in [2.45, 2.75) is 104 Å². The molecule has 0 aromatic heterocycles. The molecule has 0 nitrogen and oxygen atoms in total. The Morgan fingerprint density at radius 2 is 0.656 bits per heavy atom. The summed E-state index contributed by atoms with van der Waals surface area (Å²) in [6.07, 6.45) is 17.7. The molecule has 2 aliphatic rings. The molecular formula is C26H44Br2FeP2Pd. The Balaban J connectivity index is 0. The van der Waals surface area contributed by atoms with E-state index in [-0.39, 0.29) is 32.9 Å². The Bertz CT molecular complexity index is 406. The van der Waals surface area contributed by atoms with Crippen LogP contribution in [0.2, 0.25) is 0 Å². The zero-order chi connectivity index (χ0) is 24.7. The predicted octanol–water partition coefficient (Wildman–Crippen LogP) is 10.5. The maximum Gasteiger partial charge on any atom is 0 e. The summed E-state index contributed by atoms with van der Waals surface area (Å²) in [7, 11) is -0.202. The van der Waals surface area contributed by atoms with Crippen LogP contribution in [0, 0.1) is 62.7 Å². The molecule has 0 spiro atoms. The quantitative estimate of drug-likeness (QED) is 0.195. The summed E-state index contributed by atoms with van der Waals surface area (Å²) in [5.74, 6) is 0. The van der Waals surface area contributed by atoms with Gasteiger partial charge in [-0.15, -0.1) is 0 Å². The zero-order valence-electron chi connectivity index (χ0n) is 21.9. The molecule has 0 bridgehead atoms. The van der Waals surface area contributed by atoms with Crippen molar-refractivity contribution in [2.75, 3.05) is 0 Å². The first-order chi connectivity index (χ1) is 13.9. The summed E-state index contributed by atoms with van der Waals surface area (Å²) in [5.41, 5.74) is 3.08. The molecule has 6 heteroatoms. The van der Waals surface area contributed by atoms with Gasteiger partial charge in [0.15, 0.2) is 0 Å². The molecule has 0 heterocycles. The average molecular weight is 741 g/mol. The minimum atomic E-state index is -0.101. The molecule has 0 aliphatic heterocycles. The summed E-state index contributed by atoms with van der Waals surface area (Å²) < 4.78 is 0. The van der Waals surface area contributed by atoms with Crippen LogP contribution in [0.15, 0.2) is 0 Å². The van der Waals surface area contributed by atoms with Gasteiger partial charge in [0.1, 0.15) is 0 Å². The van der Waals surface area contributed by atoms with Crippen molar-refractivity contribution < 1.29 is 31.0 Å². The third-order valence-electron chi connectivity index (χ3n) is 4.49. The van der Waals surface area contributed by atoms with Gasteiger partial charge >= 0.3 is 40.8 Å². The Morgan fingerprint density at radius 1 is 0.500 bits per heavy atom. The smallest absolute Gasteiger partial charge is 0 e. The van der Waals surface area contributed by atoms with Crippen LogP contribution in [-0.2, 0) is 31.0 Å². The molecule has 190 valence electrons. The molecule has 0 aromatic carbocycles. The zero-order valence-corrected chi connectivity index (χ0v) is 29.6. The largest absolute Gasteiger partial charge is 0 e. The maximum atomic E-state index is 3.11. The Hall–Kier alpha value is 3.00. The molecular weight excluding hydrogens is 696 g/mol. The van der Waals surface area contributed by atoms with Gasteiger partial charge in [-0.25, -0.2) is 0 Å². The molecule has 0 unspecified atom stereocenters. The second-order valence-electron chi connectivity index (χ2n) is 11.7. The topological polar surface area (TPSA) is 0 Å². The molecule has 2 rings (SSSR count). The van der Waals surface area contributed by atoms with Crippen molar-refractivity contribution in [1.29, 1.82) is 0 Å². The monoisotopic (exact) mass is 738 g/mol. The van der Waals surface area contributed by atoms with Crippen LogP contribution < -0.4 is 0 Å². The first kappa shape index (κ1) is 37.2. The van der Waals surface area contributed by atoms with Gasteiger partial charge in [-0.1, -0.05) is 98.9 Å². The van der Waals surface area contributed by atoms with Crippen LogP contribution in [0.4, 0.5) is 0 Å². The fraction of sp³-hybridized carbons (Fsp3) is 0.615. The molecule has 2 saturated carbocycles. The summed E-state index contributed by atoms with van der Waals surface area (Å²) in [4.78, 5) is 0. The van der Waals surface area contributed by atoms with Crippen molar-refractivity contribution in [1.82, 2.24) is 0 Å². The van der Waals surface area contributed by atoms with E-state index in [2.05, 4.69) is 161 Å². The number of rotatable bonds is 2. The molecule has 2 aliphatic carbocycles. The van der Waals surface area contributed by atoms with Crippen LogP contribution in [-0.4, -0.2) is 20.6 Å². The van der Waals surface area contributed by atoms with E-state index in [1.807, 2.05) is 0 Å². The van der Waals surface area contributed by atoms with Crippen molar-refractivity contribution >= 4 is 42.7 Å². The van der Waals surface area contributed by atoms with Gasteiger partial charge in [-0.05, 0) is 72.0 Å². The number of hydrogen-bond acceptors (Lipinski definition) is 0. The Labute approximate surface area is 238 Å². The van der Waals surface area contributed by atoms with Gasteiger partial charge in [0.05, 0.1) is 0 Å². The standard InChI is InChI=1S/2C13H22P.2BrH.Fe.Pd/c2*1-12(2,3)14(13(4,5)6)11-9-7-8-10-11;;;;/h2*7-10H,1-6H3;2*1H;;/q;;;;;+2/p-2. The van der Waals surface area contributed by atoms with Crippen LogP contribution in [0.5, 0.6) is 0 Å². The Kier molecular flexibility index (Phi) is 18.7. The fourth-order valence-corrected chi connectivity index (χ4v) is 12.7. The molecule has 0 saturated heterocycles. The minimum absolute atomic E-state index is 0. The molecule has 0 N–H and O–H groups in total. The minimum Gasteiger partial charge on any atom is 0 e. The van der Waals surface area contributed by atoms with Crippen LogP contribution in [0.3, 0.4) is 0 Å². The van der Waals surface area contributed by atoms with Crippen molar-refractivity contribution in [3.8, 4) is 0 Å². The van der Waals surface area contributed by atoms with Crippen molar-refractivity contribution in [2.24, 2.45) is 0 Å². The Morgan fingerprint density at radius 3 is 0.781 bits per heavy atom. The van der Waals surface area contributed by atoms with Gasteiger partial charge in [-0.3, -0.25) is 0 Å². The SMILES string of the molecule is CC(C)(C)P([C]1[CH][CH][CH][CH]1)C(C)(C)C.CC(C)(C)P([C]1[CH][CH][CH][CH]1)C(C)(C)C.[Br][Pd][Br].[Fe]. The molecule has 0 amide bonds. The molecule has 32 heavy (non-hydrogen) atoms.